The summed E-state index contributed by atoms with van der Waals surface area (Å²) < 4.78 is 8.54. The molecule has 0 fully saturated rings. The smallest absolute Gasteiger partial charge is 0.267 e. The van der Waals surface area contributed by atoms with Gasteiger partial charge in [-0.15, -0.1) is 11.3 Å². The highest BCUT2D eigenvalue weighted by molar-refractivity contribution is 7.17. The molecule has 0 radical (unpaired) electrons. The maximum absolute atomic E-state index is 12.6. The van der Waals surface area contributed by atoms with Gasteiger partial charge in [-0.25, -0.2) is 0 Å². The van der Waals surface area contributed by atoms with Gasteiger partial charge in [-0.05, 0) is 36.4 Å². The number of aromatic nitrogens is 1. The molecule has 4 nitrogen and oxygen atoms in total. The summed E-state index contributed by atoms with van der Waals surface area (Å²) in [6.45, 7) is 4.69. The van der Waals surface area contributed by atoms with E-state index in [1.807, 2.05) is 31.2 Å². The lowest BCUT2D eigenvalue weighted by molar-refractivity contribution is 0.0936. The van der Waals surface area contributed by atoms with Crippen molar-refractivity contribution in [3.05, 3.63) is 59.1 Å². The third-order valence-corrected chi connectivity index (χ3v) is 4.75. The number of hydrogen-bond donors (Lipinski definition) is 1. The van der Waals surface area contributed by atoms with E-state index in [0.717, 1.165) is 22.3 Å². The van der Waals surface area contributed by atoms with Crippen LogP contribution < -0.4 is 5.32 Å². The van der Waals surface area contributed by atoms with E-state index in [1.165, 1.54) is 5.56 Å². The number of carbonyl (C=O) groups excluding carboxylic acids is 1. The van der Waals surface area contributed by atoms with Gasteiger partial charge < -0.3 is 14.6 Å². The largest absolute Gasteiger partial charge is 0.382 e. The molecule has 3 rings (SSSR count). The molecule has 5 heteroatoms. The predicted octanol–water partition coefficient (Wildman–Crippen LogP) is 3.91. The molecule has 0 saturated heterocycles. The second kappa shape index (κ2) is 8.13. The van der Waals surface area contributed by atoms with Crippen LogP contribution in [0, 0.1) is 0 Å². The van der Waals surface area contributed by atoms with E-state index in [-0.39, 0.29) is 5.91 Å². The molecule has 0 aliphatic rings. The van der Waals surface area contributed by atoms with Crippen LogP contribution in [-0.2, 0) is 11.3 Å². The Morgan fingerprint density at radius 3 is 2.88 bits per heavy atom. The Morgan fingerprint density at radius 1 is 1.25 bits per heavy atom. The minimum atomic E-state index is -0.0224. The van der Waals surface area contributed by atoms with E-state index in [2.05, 4.69) is 33.5 Å². The topological polar surface area (TPSA) is 43.3 Å². The Balaban J connectivity index is 1.76. The molecule has 2 aromatic heterocycles. The summed E-state index contributed by atoms with van der Waals surface area (Å²) >= 11 is 1.66. The van der Waals surface area contributed by atoms with Crippen LogP contribution in [0.3, 0.4) is 0 Å². The summed E-state index contributed by atoms with van der Waals surface area (Å²) in [5, 5.41) is 5.07. The van der Waals surface area contributed by atoms with Crippen molar-refractivity contribution in [2.24, 2.45) is 0 Å². The van der Waals surface area contributed by atoms with Crippen molar-refractivity contribution in [3.63, 3.8) is 0 Å². The first kappa shape index (κ1) is 16.7. The standard InChI is InChI=1S/C19H22N2O2S/c1-2-23-11-6-10-20-19(22)17-13-18-16(9-12-24-18)21(17)14-15-7-4-3-5-8-15/h3-5,7-9,12-13H,2,6,10-11,14H2,1H3,(H,20,22). The van der Waals surface area contributed by atoms with E-state index in [9.17, 15) is 4.79 Å². The number of benzene rings is 1. The molecule has 3 aromatic rings. The second-order valence-corrected chi connectivity index (χ2v) is 6.53. The maximum atomic E-state index is 12.6. The van der Waals surface area contributed by atoms with E-state index in [4.69, 9.17) is 4.74 Å². The summed E-state index contributed by atoms with van der Waals surface area (Å²) in [4.78, 5) is 12.6. The highest BCUT2D eigenvalue weighted by atomic mass is 32.1. The van der Waals surface area contributed by atoms with E-state index in [0.29, 0.717) is 26.3 Å². The lowest BCUT2D eigenvalue weighted by Crippen LogP contribution is -2.27. The summed E-state index contributed by atoms with van der Waals surface area (Å²) in [7, 11) is 0. The van der Waals surface area contributed by atoms with Gasteiger partial charge in [-0.1, -0.05) is 30.3 Å². The summed E-state index contributed by atoms with van der Waals surface area (Å²) in [6, 6.07) is 14.3. The molecule has 0 unspecified atom stereocenters. The highest BCUT2D eigenvalue weighted by Crippen LogP contribution is 2.26. The fourth-order valence-corrected chi connectivity index (χ4v) is 3.53. The molecule has 24 heavy (non-hydrogen) atoms. The average Bonchev–Trinajstić information content (AvgIpc) is 3.18. The zero-order valence-corrected chi connectivity index (χ0v) is 14.6. The monoisotopic (exact) mass is 342 g/mol. The molecule has 2 heterocycles. The van der Waals surface area contributed by atoms with Crippen LogP contribution in [0.5, 0.6) is 0 Å². The van der Waals surface area contributed by atoms with Gasteiger partial charge >= 0.3 is 0 Å². The Bertz CT molecular complexity index is 792. The van der Waals surface area contributed by atoms with Gasteiger partial charge in [-0.3, -0.25) is 4.79 Å². The fraction of sp³-hybridized carbons (Fsp3) is 0.316. The molecule has 0 saturated carbocycles. The number of rotatable bonds is 8. The zero-order chi connectivity index (χ0) is 16.8. The normalized spacial score (nSPS) is 11.0. The molecule has 0 atom stereocenters. The molecule has 1 N–H and O–H groups in total. The van der Waals surface area contributed by atoms with Gasteiger partial charge in [0.25, 0.3) is 5.91 Å². The van der Waals surface area contributed by atoms with Crippen LogP contribution in [0.15, 0.2) is 47.8 Å². The van der Waals surface area contributed by atoms with Crippen LogP contribution >= 0.6 is 11.3 Å². The zero-order valence-electron chi connectivity index (χ0n) is 13.8. The first-order valence-electron chi connectivity index (χ1n) is 8.26. The first-order chi connectivity index (χ1) is 11.8. The van der Waals surface area contributed by atoms with Crippen LogP contribution in [0.2, 0.25) is 0 Å². The fourth-order valence-electron chi connectivity index (χ4n) is 2.71. The van der Waals surface area contributed by atoms with Gasteiger partial charge in [0.1, 0.15) is 5.69 Å². The Kier molecular flexibility index (Phi) is 5.67. The Hall–Kier alpha value is -2.11. The molecule has 1 aromatic carbocycles. The van der Waals surface area contributed by atoms with Crippen molar-refractivity contribution in [1.29, 1.82) is 0 Å². The van der Waals surface area contributed by atoms with Crippen molar-refractivity contribution in [1.82, 2.24) is 9.88 Å². The summed E-state index contributed by atoms with van der Waals surface area (Å²) in [5.74, 6) is -0.0224. The summed E-state index contributed by atoms with van der Waals surface area (Å²) in [5.41, 5.74) is 3.02. The first-order valence-corrected chi connectivity index (χ1v) is 9.14. The third-order valence-electron chi connectivity index (χ3n) is 3.89. The van der Waals surface area contributed by atoms with Gasteiger partial charge in [-0.2, -0.15) is 0 Å². The molecule has 126 valence electrons. The molecular weight excluding hydrogens is 320 g/mol. The van der Waals surface area contributed by atoms with Gasteiger partial charge in [0, 0.05) is 26.3 Å². The van der Waals surface area contributed by atoms with Gasteiger partial charge in [0.05, 0.1) is 10.2 Å². The molecule has 0 aliphatic carbocycles. The highest BCUT2D eigenvalue weighted by Gasteiger charge is 2.16. The Labute approximate surface area is 146 Å². The quantitative estimate of drug-likeness (QED) is 0.631. The predicted molar refractivity (Wildman–Crippen MR) is 98.8 cm³/mol. The third kappa shape index (κ3) is 3.86. The number of nitrogens with one attached hydrogen (secondary N) is 1. The summed E-state index contributed by atoms with van der Waals surface area (Å²) in [6.07, 6.45) is 0.827. The van der Waals surface area contributed by atoms with E-state index in [1.54, 1.807) is 11.3 Å². The second-order valence-electron chi connectivity index (χ2n) is 5.58. The number of thiophene rings is 1. The molecule has 0 spiro atoms. The molecule has 0 aliphatic heterocycles. The van der Waals surface area contributed by atoms with Gasteiger partial charge in [0.2, 0.25) is 0 Å². The molecule has 0 bridgehead atoms. The molecule has 1 amide bonds. The van der Waals surface area contributed by atoms with Crippen molar-refractivity contribution >= 4 is 27.5 Å². The van der Waals surface area contributed by atoms with Crippen LogP contribution in [0.4, 0.5) is 0 Å². The van der Waals surface area contributed by atoms with E-state index >= 15 is 0 Å². The molecular formula is C19H22N2O2S. The van der Waals surface area contributed by atoms with Crippen molar-refractivity contribution in [3.8, 4) is 0 Å². The van der Waals surface area contributed by atoms with Crippen LogP contribution in [0.25, 0.3) is 10.2 Å². The minimum Gasteiger partial charge on any atom is -0.382 e. The number of ether oxygens (including phenoxy) is 1. The number of hydrogen-bond acceptors (Lipinski definition) is 3. The number of amides is 1. The minimum absolute atomic E-state index is 0.0224. The number of nitrogens with zero attached hydrogens (tertiary/aromatic N) is 1. The Morgan fingerprint density at radius 2 is 2.08 bits per heavy atom. The van der Waals surface area contributed by atoms with Crippen molar-refractivity contribution in [2.75, 3.05) is 19.8 Å². The van der Waals surface area contributed by atoms with Crippen molar-refractivity contribution < 1.29 is 9.53 Å². The van der Waals surface area contributed by atoms with E-state index < -0.39 is 0 Å². The SMILES string of the molecule is CCOCCCNC(=O)c1cc2sccc2n1Cc1ccccc1. The average molecular weight is 342 g/mol. The number of carbonyl (C=O) groups is 1. The van der Waals surface area contributed by atoms with Crippen LogP contribution in [-0.4, -0.2) is 30.2 Å². The lowest BCUT2D eigenvalue weighted by Gasteiger charge is -2.11. The van der Waals surface area contributed by atoms with Gasteiger partial charge in [0.15, 0.2) is 0 Å². The van der Waals surface area contributed by atoms with Crippen LogP contribution in [0.1, 0.15) is 29.4 Å². The maximum Gasteiger partial charge on any atom is 0.267 e. The lowest BCUT2D eigenvalue weighted by atomic mass is 10.2. The van der Waals surface area contributed by atoms with Crippen molar-refractivity contribution in [2.45, 2.75) is 19.9 Å². The number of fused-ring (bicyclic) bond motifs is 1.